The number of hydrogen-bond acceptors (Lipinski definition) is 5. The predicted molar refractivity (Wildman–Crippen MR) is 117 cm³/mol. The molecule has 0 bridgehead atoms. The lowest BCUT2D eigenvalue weighted by Crippen LogP contribution is -2.32. The van der Waals surface area contributed by atoms with Gasteiger partial charge in [-0.2, -0.15) is 5.10 Å². The van der Waals surface area contributed by atoms with Crippen molar-refractivity contribution in [3.63, 3.8) is 0 Å². The number of aliphatic hydroxyl groups excluding tert-OH is 1. The number of aromatic nitrogens is 2. The fourth-order valence-electron chi connectivity index (χ4n) is 3.76. The highest BCUT2D eigenvalue weighted by molar-refractivity contribution is 5.79. The minimum absolute atomic E-state index is 0.0240. The molecule has 1 unspecified atom stereocenters. The molecule has 7 nitrogen and oxygen atoms in total. The molecule has 1 fully saturated rings. The SMILES string of the molecule is CCOC(=O)CCCCN1C(=O)CC[C@@H]1/C=C/C(O)c1cnn(Cc2ccccc2)c1. The fourth-order valence-corrected chi connectivity index (χ4v) is 3.76. The minimum Gasteiger partial charge on any atom is -0.466 e. The van der Waals surface area contributed by atoms with Gasteiger partial charge in [-0.15, -0.1) is 0 Å². The maximum Gasteiger partial charge on any atom is 0.305 e. The smallest absolute Gasteiger partial charge is 0.305 e. The molecule has 1 amide bonds. The molecule has 1 aliphatic heterocycles. The van der Waals surface area contributed by atoms with Gasteiger partial charge in [0, 0.05) is 31.1 Å². The number of esters is 1. The second-order valence-electron chi connectivity index (χ2n) is 7.74. The van der Waals surface area contributed by atoms with Crippen LogP contribution in [0.5, 0.6) is 0 Å². The van der Waals surface area contributed by atoms with E-state index in [0.29, 0.717) is 39.0 Å². The summed E-state index contributed by atoms with van der Waals surface area (Å²) in [5, 5.41) is 14.9. The standard InChI is InChI=1S/C24H31N3O4/c1-2-31-24(30)10-6-7-15-27-21(12-14-23(27)29)11-13-22(28)20-16-25-26(18-20)17-19-8-4-3-5-9-19/h3-5,8-9,11,13,16,18,21-22,28H,2,6-7,10,12,14-15,17H2,1H3/b13-11+/t21-,22?/m0/s1. The van der Waals surface area contributed by atoms with Gasteiger partial charge in [0.2, 0.25) is 5.91 Å². The van der Waals surface area contributed by atoms with Crippen molar-refractivity contribution in [2.45, 2.75) is 57.7 Å². The molecule has 1 aliphatic rings. The highest BCUT2D eigenvalue weighted by atomic mass is 16.5. The summed E-state index contributed by atoms with van der Waals surface area (Å²) < 4.78 is 6.74. The fraction of sp³-hybridized carbons (Fsp3) is 0.458. The molecule has 7 heteroatoms. The van der Waals surface area contributed by atoms with Crippen LogP contribution in [0.3, 0.4) is 0 Å². The summed E-state index contributed by atoms with van der Waals surface area (Å²) in [5.41, 5.74) is 1.86. The van der Waals surface area contributed by atoms with Crippen LogP contribution in [0, 0.1) is 0 Å². The van der Waals surface area contributed by atoms with E-state index in [4.69, 9.17) is 4.74 Å². The number of benzene rings is 1. The summed E-state index contributed by atoms with van der Waals surface area (Å²) in [5.74, 6) is -0.0708. The number of unbranched alkanes of at least 4 members (excludes halogenated alkanes) is 1. The van der Waals surface area contributed by atoms with Crippen molar-refractivity contribution in [1.29, 1.82) is 0 Å². The van der Waals surface area contributed by atoms with Crippen molar-refractivity contribution >= 4 is 11.9 Å². The number of hydrogen-bond donors (Lipinski definition) is 1. The molecule has 1 saturated heterocycles. The molecule has 1 aromatic carbocycles. The van der Waals surface area contributed by atoms with Crippen LogP contribution in [0.15, 0.2) is 54.9 Å². The third kappa shape index (κ3) is 6.79. The Balaban J connectivity index is 1.50. The van der Waals surface area contributed by atoms with Crippen molar-refractivity contribution in [3.05, 3.63) is 66.0 Å². The van der Waals surface area contributed by atoms with Crippen LogP contribution >= 0.6 is 0 Å². The summed E-state index contributed by atoms with van der Waals surface area (Å²) in [4.78, 5) is 25.5. The number of amides is 1. The summed E-state index contributed by atoms with van der Waals surface area (Å²) >= 11 is 0. The molecule has 1 N–H and O–H groups in total. The van der Waals surface area contributed by atoms with E-state index in [-0.39, 0.29) is 17.9 Å². The topological polar surface area (TPSA) is 84.7 Å². The van der Waals surface area contributed by atoms with Crippen molar-refractivity contribution in [1.82, 2.24) is 14.7 Å². The Hall–Kier alpha value is -2.93. The first kappa shape index (κ1) is 22.7. The Labute approximate surface area is 183 Å². The summed E-state index contributed by atoms with van der Waals surface area (Å²) in [6, 6.07) is 10.0. The zero-order valence-electron chi connectivity index (χ0n) is 18.0. The monoisotopic (exact) mass is 425 g/mol. The Morgan fingerprint density at radius 1 is 1.32 bits per heavy atom. The van der Waals surface area contributed by atoms with Crippen LogP contribution in [0.25, 0.3) is 0 Å². The van der Waals surface area contributed by atoms with Crippen LogP contribution in [-0.2, 0) is 20.9 Å². The van der Waals surface area contributed by atoms with Gasteiger partial charge in [-0.3, -0.25) is 14.3 Å². The third-order valence-corrected chi connectivity index (χ3v) is 5.41. The van der Waals surface area contributed by atoms with Gasteiger partial charge in [-0.05, 0) is 31.7 Å². The highest BCUT2D eigenvalue weighted by Crippen LogP contribution is 2.23. The molecule has 166 valence electrons. The Morgan fingerprint density at radius 2 is 2.13 bits per heavy atom. The normalized spacial score (nSPS) is 17.4. The minimum atomic E-state index is -0.772. The first-order chi connectivity index (χ1) is 15.1. The van der Waals surface area contributed by atoms with E-state index in [1.165, 1.54) is 0 Å². The van der Waals surface area contributed by atoms with E-state index < -0.39 is 6.10 Å². The lowest BCUT2D eigenvalue weighted by molar-refractivity contribution is -0.143. The van der Waals surface area contributed by atoms with Gasteiger partial charge < -0.3 is 14.7 Å². The zero-order valence-corrected chi connectivity index (χ0v) is 18.0. The van der Waals surface area contributed by atoms with E-state index in [1.54, 1.807) is 23.9 Å². The number of aliphatic hydroxyl groups is 1. The molecule has 31 heavy (non-hydrogen) atoms. The molecular formula is C24H31N3O4. The van der Waals surface area contributed by atoms with Gasteiger partial charge in [0.15, 0.2) is 0 Å². The van der Waals surface area contributed by atoms with E-state index >= 15 is 0 Å². The number of likely N-dealkylation sites (tertiary alicyclic amines) is 1. The van der Waals surface area contributed by atoms with Crippen molar-refractivity contribution < 1.29 is 19.4 Å². The second kappa shape index (κ2) is 11.5. The van der Waals surface area contributed by atoms with Crippen LogP contribution in [0.4, 0.5) is 0 Å². The quantitative estimate of drug-likeness (QED) is 0.339. The Kier molecular flexibility index (Phi) is 8.41. The molecule has 0 aliphatic carbocycles. The maximum atomic E-state index is 12.2. The van der Waals surface area contributed by atoms with Crippen molar-refractivity contribution in [2.24, 2.45) is 0 Å². The average Bonchev–Trinajstić information content (AvgIpc) is 3.37. The van der Waals surface area contributed by atoms with Gasteiger partial charge in [0.1, 0.15) is 6.10 Å². The maximum absolute atomic E-state index is 12.2. The van der Waals surface area contributed by atoms with Crippen molar-refractivity contribution in [2.75, 3.05) is 13.2 Å². The summed E-state index contributed by atoms with van der Waals surface area (Å²) in [7, 11) is 0. The molecule has 0 radical (unpaired) electrons. The van der Waals surface area contributed by atoms with E-state index in [9.17, 15) is 14.7 Å². The second-order valence-corrected chi connectivity index (χ2v) is 7.74. The lowest BCUT2D eigenvalue weighted by Gasteiger charge is -2.22. The molecule has 3 rings (SSSR count). The average molecular weight is 426 g/mol. The largest absolute Gasteiger partial charge is 0.466 e. The Bertz CT molecular complexity index is 878. The molecular weight excluding hydrogens is 394 g/mol. The summed E-state index contributed by atoms with van der Waals surface area (Å²) in [6.07, 6.45) is 9.47. The van der Waals surface area contributed by atoms with E-state index in [2.05, 4.69) is 5.10 Å². The lowest BCUT2D eigenvalue weighted by atomic mass is 10.1. The van der Waals surface area contributed by atoms with Gasteiger partial charge in [-0.1, -0.05) is 42.5 Å². The molecule has 0 spiro atoms. The van der Waals surface area contributed by atoms with Gasteiger partial charge in [0.25, 0.3) is 0 Å². The van der Waals surface area contributed by atoms with Crippen LogP contribution in [0.2, 0.25) is 0 Å². The first-order valence-electron chi connectivity index (χ1n) is 10.9. The Morgan fingerprint density at radius 3 is 2.90 bits per heavy atom. The van der Waals surface area contributed by atoms with Crippen LogP contribution in [0.1, 0.15) is 56.3 Å². The van der Waals surface area contributed by atoms with E-state index in [0.717, 1.165) is 24.0 Å². The van der Waals surface area contributed by atoms with Crippen LogP contribution < -0.4 is 0 Å². The highest BCUT2D eigenvalue weighted by Gasteiger charge is 2.28. The zero-order chi connectivity index (χ0) is 22.1. The number of rotatable bonds is 11. The van der Waals surface area contributed by atoms with Gasteiger partial charge in [0.05, 0.1) is 25.4 Å². The molecule has 2 aromatic rings. The number of carbonyl (C=O) groups is 2. The van der Waals surface area contributed by atoms with Crippen molar-refractivity contribution in [3.8, 4) is 0 Å². The van der Waals surface area contributed by atoms with Gasteiger partial charge >= 0.3 is 5.97 Å². The first-order valence-corrected chi connectivity index (χ1v) is 10.9. The van der Waals surface area contributed by atoms with Crippen LogP contribution in [-0.4, -0.2) is 50.9 Å². The number of nitrogens with zero attached hydrogens (tertiary/aromatic N) is 3. The van der Waals surface area contributed by atoms with E-state index in [1.807, 2.05) is 47.5 Å². The molecule has 2 heterocycles. The number of ether oxygens (including phenoxy) is 1. The third-order valence-electron chi connectivity index (χ3n) is 5.41. The van der Waals surface area contributed by atoms with Gasteiger partial charge in [-0.25, -0.2) is 0 Å². The predicted octanol–water partition coefficient (Wildman–Crippen LogP) is 3.25. The summed E-state index contributed by atoms with van der Waals surface area (Å²) in [6.45, 7) is 3.44. The number of carbonyl (C=O) groups excluding carboxylic acids is 2. The molecule has 0 saturated carbocycles. The molecule has 2 atom stereocenters. The molecule has 1 aromatic heterocycles.